The van der Waals surface area contributed by atoms with Crippen molar-refractivity contribution in [1.82, 2.24) is 0 Å². The number of ketones is 1. The quantitative estimate of drug-likeness (QED) is 0.599. The van der Waals surface area contributed by atoms with Crippen LogP contribution in [0.3, 0.4) is 0 Å². The summed E-state index contributed by atoms with van der Waals surface area (Å²) in [4.78, 5) is 12.1. The fourth-order valence-corrected chi connectivity index (χ4v) is 3.93. The first-order chi connectivity index (χ1) is 6.95. The average molecular weight is 206 g/mol. The molecule has 2 aliphatic carbocycles. The SMILES string of the molecule is C=C[C@@]1(C)C(=O)CC[C@@]2(C)[C@H]1CC[C@@H]2C. The number of Topliss-reactive ketones (excluding diaryl/α,β-unsaturated/α-hetero) is 1. The van der Waals surface area contributed by atoms with Gasteiger partial charge in [0.05, 0.1) is 0 Å². The van der Waals surface area contributed by atoms with Crippen molar-refractivity contribution in [2.45, 2.75) is 46.5 Å². The summed E-state index contributed by atoms with van der Waals surface area (Å²) >= 11 is 0. The number of rotatable bonds is 1. The third-order valence-corrected chi connectivity index (χ3v) is 5.45. The lowest BCUT2D eigenvalue weighted by atomic mass is 9.55. The van der Waals surface area contributed by atoms with Gasteiger partial charge in [-0.1, -0.05) is 19.9 Å². The largest absolute Gasteiger partial charge is 0.299 e. The van der Waals surface area contributed by atoms with Crippen LogP contribution in [0.25, 0.3) is 0 Å². The molecule has 0 radical (unpaired) electrons. The highest BCUT2D eigenvalue weighted by Gasteiger charge is 2.56. The Kier molecular flexibility index (Phi) is 2.33. The highest BCUT2D eigenvalue weighted by molar-refractivity contribution is 5.87. The fraction of sp³-hybridized carbons (Fsp3) is 0.786. The van der Waals surface area contributed by atoms with Gasteiger partial charge < -0.3 is 0 Å². The van der Waals surface area contributed by atoms with E-state index in [9.17, 15) is 4.79 Å². The number of carbonyl (C=O) groups excluding carboxylic acids is 1. The Hall–Kier alpha value is -0.590. The lowest BCUT2D eigenvalue weighted by Crippen LogP contribution is -2.47. The first-order valence-corrected chi connectivity index (χ1v) is 6.12. The Bertz CT molecular complexity index is 306. The van der Waals surface area contributed by atoms with Crippen molar-refractivity contribution in [2.75, 3.05) is 0 Å². The first kappa shape index (κ1) is 10.9. The molecular weight excluding hydrogens is 184 g/mol. The molecule has 2 aliphatic rings. The highest BCUT2D eigenvalue weighted by Crippen LogP contribution is 2.60. The number of allylic oxidation sites excluding steroid dienone is 1. The molecule has 0 aromatic carbocycles. The molecule has 0 heterocycles. The summed E-state index contributed by atoms with van der Waals surface area (Å²) in [5.41, 5.74) is 0.120. The van der Waals surface area contributed by atoms with E-state index >= 15 is 0 Å². The second kappa shape index (κ2) is 3.20. The third-order valence-electron chi connectivity index (χ3n) is 5.45. The van der Waals surface area contributed by atoms with Gasteiger partial charge in [-0.3, -0.25) is 4.79 Å². The van der Waals surface area contributed by atoms with Crippen LogP contribution < -0.4 is 0 Å². The highest BCUT2D eigenvalue weighted by atomic mass is 16.1. The fourth-order valence-electron chi connectivity index (χ4n) is 3.93. The third kappa shape index (κ3) is 1.25. The molecule has 2 saturated carbocycles. The van der Waals surface area contributed by atoms with Crippen molar-refractivity contribution in [2.24, 2.45) is 22.7 Å². The minimum atomic E-state index is -0.252. The summed E-state index contributed by atoms with van der Waals surface area (Å²) in [6.45, 7) is 10.7. The van der Waals surface area contributed by atoms with Gasteiger partial charge in [0.25, 0.3) is 0 Å². The predicted octanol–water partition coefficient (Wildman–Crippen LogP) is 3.59. The summed E-state index contributed by atoms with van der Waals surface area (Å²) in [5.74, 6) is 1.70. The van der Waals surface area contributed by atoms with Gasteiger partial charge in [0.1, 0.15) is 5.78 Å². The second-order valence-corrected chi connectivity index (χ2v) is 5.95. The predicted molar refractivity (Wildman–Crippen MR) is 62.5 cm³/mol. The monoisotopic (exact) mass is 206 g/mol. The van der Waals surface area contributed by atoms with Gasteiger partial charge in [-0.15, -0.1) is 6.58 Å². The summed E-state index contributed by atoms with van der Waals surface area (Å²) in [5, 5.41) is 0. The van der Waals surface area contributed by atoms with E-state index in [1.165, 1.54) is 12.8 Å². The van der Waals surface area contributed by atoms with E-state index in [-0.39, 0.29) is 5.41 Å². The van der Waals surface area contributed by atoms with Crippen molar-refractivity contribution in [3.05, 3.63) is 12.7 Å². The molecule has 1 heteroatoms. The Balaban J connectivity index is 2.41. The van der Waals surface area contributed by atoms with E-state index in [1.54, 1.807) is 0 Å². The Morgan fingerprint density at radius 3 is 2.67 bits per heavy atom. The maximum absolute atomic E-state index is 12.1. The van der Waals surface area contributed by atoms with Crippen LogP contribution in [0.5, 0.6) is 0 Å². The lowest BCUT2D eigenvalue weighted by Gasteiger charge is -2.48. The molecule has 0 aromatic heterocycles. The van der Waals surface area contributed by atoms with Crippen molar-refractivity contribution in [3.63, 3.8) is 0 Å². The maximum Gasteiger partial charge on any atom is 0.142 e. The molecule has 0 spiro atoms. The first-order valence-electron chi connectivity index (χ1n) is 6.12. The molecule has 0 aromatic rings. The van der Waals surface area contributed by atoms with Crippen molar-refractivity contribution >= 4 is 5.78 Å². The van der Waals surface area contributed by atoms with E-state index in [0.29, 0.717) is 17.1 Å². The van der Waals surface area contributed by atoms with Crippen LogP contribution >= 0.6 is 0 Å². The van der Waals surface area contributed by atoms with E-state index in [4.69, 9.17) is 0 Å². The van der Waals surface area contributed by atoms with Crippen LogP contribution in [0, 0.1) is 22.7 Å². The molecule has 0 N–H and O–H groups in total. The molecule has 2 rings (SSSR count). The average Bonchev–Trinajstić information content (AvgIpc) is 2.52. The maximum atomic E-state index is 12.1. The molecule has 1 nitrogen and oxygen atoms in total. The van der Waals surface area contributed by atoms with Gasteiger partial charge >= 0.3 is 0 Å². The molecule has 2 fully saturated rings. The molecular formula is C14H22O. The van der Waals surface area contributed by atoms with Crippen molar-refractivity contribution in [3.8, 4) is 0 Å². The Morgan fingerprint density at radius 1 is 1.40 bits per heavy atom. The van der Waals surface area contributed by atoms with Gasteiger partial charge in [0.15, 0.2) is 0 Å². The zero-order valence-corrected chi connectivity index (χ0v) is 10.2. The van der Waals surface area contributed by atoms with Gasteiger partial charge in [-0.25, -0.2) is 0 Å². The molecule has 0 saturated heterocycles. The smallest absolute Gasteiger partial charge is 0.142 e. The summed E-state index contributed by atoms with van der Waals surface area (Å²) in [6.07, 6.45) is 6.22. The summed E-state index contributed by atoms with van der Waals surface area (Å²) in [7, 11) is 0. The van der Waals surface area contributed by atoms with Crippen molar-refractivity contribution in [1.29, 1.82) is 0 Å². The van der Waals surface area contributed by atoms with E-state index in [2.05, 4.69) is 27.4 Å². The normalized spacial score (nSPS) is 50.2. The van der Waals surface area contributed by atoms with Gasteiger partial charge in [0, 0.05) is 11.8 Å². The minimum absolute atomic E-state index is 0.252. The van der Waals surface area contributed by atoms with Crippen LogP contribution in [-0.2, 0) is 4.79 Å². The molecule has 84 valence electrons. The van der Waals surface area contributed by atoms with Crippen LogP contribution in [0.15, 0.2) is 12.7 Å². The van der Waals surface area contributed by atoms with E-state index in [0.717, 1.165) is 18.8 Å². The van der Waals surface area contributed by atoms with E-state index < -0.39 is 0 Å². The number of hydrogen-bond acceptors (Lipinski definition) is 1. The molecule has 0 aliphatic heterocycles. The molecule has 0 bridgehead atoms. The van der Waals surface area contributed by atoms with Crippen LogP contribution in [-0.4, -0.2) is 5.78 Å². The molecule has 0 unspecified atom stereocenters. The van der Waals surface area contributed by atoms with Gasteiger partial charge in [-0.05, 0) is 43.4 Å². The molecule has 15 heavy (non-hydrogen) atoms. The number of fused-ring (bicyclic) bond motifs is 1. The molecule has 4 atom stereocenters. The van der Waals surface area contributed by atoms with Crippen LogP contribution in [0.2, 0.25) is 0 Å². The summed E-state index contributed by atoms with van der Waals surface area (Å²) < 4.78 is 0. The Labute approximate surface area is 92.9 Å². The van der Waals surface area contributed by atoms with Gasteiger partial charge in [0.2, 0.25) is 0 Å². The lowest BCUT2D eigenvalue weighted by molar-refractivity contribution is -0.136. The second-order valence-electron chi connectivity index (χ2n) is 5.95. The van der Waals surface area contributed by atoms with Crippen LogP contribution in [0.4, 0.5) is 0 Å². The minimum Gasteiger partial charge on any atom is -0.299 e. The van der Waals surface area contributed by atoms with Crippen LogP contribution in [0.1, 0.15) is 46.5 Å². The zero-order chi connectivity index (χ0) is 11.3. The standard InChI is InChI=1S/C14H22O/c1-5-13(3)11-7-6-10(2)14(11,4)9-8-12(13)15/h5,10-11H,1,6-9H2,2-4H3/t10-,11-,13+,14+/m0/s1. The van der Waals surface area contributed by atoms with Gasteiger partial charge in [-0.2, -0.15) is 0 Å². The number of hydrogen-bond donors (Lipinski definition) is 0. The molecule has 0 amide bonds. The number of carbonyl (C=O) groups is 1. The summed E-state index contributed by atoms with van der Waals surface area (Å²) in [6, 6.07) is 0. The van der Waals surface area contributed by atoms with E-state index in [1.807, 2.05) is 6.08 Å². The Morgan fingerprint density at radius 2 is 2.07 bits per heavy atom. The van der Waals surface area contributed by atoms with Crippen molar-refractivity contribution < 1.29 is 4.79 Å². The topological polar surface area (TPSA) is 17.1 Å². The zero-order valence-electron chi connectivity index (χ0n) is 10.2.